The van der Waals surface area contributed by atoms with Crippen molar-refractivity contribution in [3.05, 3.63) is 0 Å². The first-order chi connectivity index (χ1) is 3.84. The molecule has 3 nitrogen and oxygen atoms in total. The standard InChI is InChI=1S/C5H10O3/c6-3-4-1-2-8-5(4)7/h4-7H,1-3H2. The Bertz CT molecular complexity index is 74.1. The Balaban J connectivity index is 2.30. The molecule has 0 aliphatic carbocycles. The molecule has 1 fully saturated rings. The van der Waals surface area contributed by atoms with E-state index in [0.717, 1.165) is 6.42 Å². The predicted molar refractivity (Wildman–Crippen MR) is 27.2 cm³/mol. The number of hydrogen-bond acceptors (Lipinski definition) is 3. The van der Waals surface area contributed by atoms with E-state index in [1.807, 2.05) is 0 Å². The summed E-state index contributed by atoms with van der Waals surface area (Å²) in [5, 5.41) is 17.3. The number of aliphatic hydroxyl groups is 2. The summed E-state index contributed by atoms with van der Waals surface area (Å²) in [6, 6.07) is 0. The van der Waals surface area contributed by atoms with Crippen molar-refractivity contribution in [3.63, 3.8) is 0 Å². The fourth-order valence-corrected chi connectivity index (χ4v) is 0.800. The van der Waals surface area contributed by atoms with Crippen molar-refractivity contribution in [2.45, 2.75) is 12.7 Å². The van der Waals surface area contributed by atoms with Crippen LogP contribution in [0.5, 0.6) is 0 Å². The lowest BCUT2D eigenvalue weighted by atomic mass is 10.1. The van der Waals surface area contributed by atoms with Gasteiger partial charge < -0.3 is 14.9 Å². The van der Waals surface area contributed by atoms with Gasteiger partial charge in [-0.2, -0.15) is 0 Å². The molecule has 1 aliphatic rings. The number of hydrogen-bond donors (Lipinski definition) is 2. The van der Waals surface area contributed by atoms with E-state index in [2.05, 4.69) is 0 Å². The second kappa shape index (κ2) is 2.44. The van der Waals surface area contributed by atoms with Crippen LogP contribution in [0.3, 0.4) is 0 Å². The molecule has 3 heteroatoms. The number of ether oxygens (including phenoxy) is 1. The molecular formula is C5H10O3. The highest BCUT2D eigenvalue weighted by Gasteiger charge is 2.24. The zero-order valence-electron chi connectivity index (χ0n) is 4.58. The van der Waals surface area contributed by atoms with Crippen LogP contribution in [-0.4, -0.2) is 29.7 Å². The zero-order chi connectivity index (χ0) is 5.98. The van der Waals surface area contributed by atoms with Crippen molar-refractivity contribution >= 4 is 0 Å². The number of aliphatic hydroxyl groups excluding tert-OH is 2. The summed E-state index contributed by atoms with van der Waals surface area (Å²) >= 11 is 0. The van der Waals surface area contributed by atoms with Crippen LogP contribution in [-0.2, 0) is 4.74 Å². The molecule has 0 spiro atoms. The lowest BCUT2D eigenvalue weighted by Gasteiger charge is -2.07. The molecule has 0 radical (unpaired) electrons. The fourth-order valence-electron chi connectivity index (χ4n) is 0.800. The van der Waals surface area contributed by atoms with Gasteiger partial charge >= 0.3 is 0 Å². The largest absolute Gasteiger partial charge is 0.396 e. The monoisotopic (exact) mass is 118 g/mol. The SMILES string of the molecule is OCC1CCOC1O. The Morgan fingerprint density at radius 3 is 2.62 bits per heavy atom. The minimum atomic E-state index is -0.722. The van der Waals surface area contributed by atoms with E-state index in [1.54, 1.807) is 0 Å². The summed E-state index contributed by atoms with van der Waals surface area (Å²) in [7, 11) is 0. The quantitative estimate of drug-likeness (QED) is 0.480. The average Bonchev–Trinajstić information content (AvgIpc) is 2.14. The lowest BCUT2D eigenvalue weighted by molar-refractivity contribution is -0.0901. The molecule has 1 aliphatic heterocycles. The lowest BCUT2D eigenvalue weighted by Crippen LogP contribution is -2.17. The molecule has 0 aromatic carbocycles. The summed E-state index contributed by atoms with van der Waals surface area (Å²) in [5.74, 6) is -0.0463. The van der Waals surface area contributed by atoms with E-state index < -0.39 is 6.29 Å². The normalized spacial score (nSPS) is 38.2. The van der Waals surface area contributed by atoms with Crippen LogP contribution in [0.2, 0.25) is 0 Å². The maximum Gasteiger partial charge on any atom is 0.159 e. The third-order valence-corrected chi connectivity index (χ3v) is 1.42. The molecule has 0 bridgehead atoms. The second-order valence-electron chi connectivity index (χ2n) is 1.99. The van der Waals surface area contributed by atoms with Gasteiger partial charge in [0.15, 0.2) is 6.29 Å². The van der Waals surface area contributed by atoms with Crippen LogP contribution in [0.4, 0.5) is 0 Å². The summed E-state index contributed by atoms with van der Waals surface area (Å²) in [4.78, 5) is 0. The highest BCUT2D eigenvalue weighted by Crippen LogP contribution is 2.16. The third-order valence-electron chi connectivity index (χ3n) is 1.42. The van der Waals surface area contributed by atoms with Crippen molar-refractivity contribution in [2.75, 3.05) is 13.2 Å². The van der Waals surface area contributed by atoms with Gasteiger partial charge in [0.05, 0.1) is 13.2 Å². The molecule has 1 saturated heterocycles. The van der Waals surface area contributed by atoms with Gasteiger partial charge in [0.25, 0.3) is 0 Å². The molecule has 0 aromatic heterocycles. The molecule has 48 valence electrons. The van der Waals surface area contributed by atoms with Gasteiger partial charge in [0, 0.05) is 5.92 Å². The average molecular weight is 118 g/mol. The topological polar surface area (TPSA) is 49.7 Å². The molecule has 0 aromatic rings. The van der Waals surface area contributed by atoms with Gasteiger partial charge in [-0.15, -0.1) is 0 Å². The Kier molecular flexibility index (Phi) is 1.83. The van der Waals surface area contributed by atoms with Crippen molar-refractivity contribution in [3.8, 4) is 0 Å². The van der Waals surface area contributed by atoms with Crippen LogP contribution < -0.4 is 0 Å². The molecule has 1 heterocycles. The van der Waals surface area contributed by atoms with Gasteiger partial charge in [-0.05, 0) is 6.42 Å². The fraction of sp³-hybridized carbons (Fsp3) is 1.00. The first-order valence-corrected chi connectivity index (χ1v) is 2.75. The highest BCUT2D eigenvalue weighted by molar-refractivity contribution is 4.65. The van der Waals surface area contributed by atoms with E-state index in [9.17, 15) is 0 Å². The van der Waals surface area contributed by atoms with Gasteiger partial charge in [-0.3, -0.25) is 0 Å². The minimum absolute atomic E-state index is 0.0289. The third kappa shape index (κ3) is 0.992. The van der Waals surface area contributed by atoms with Gasteiger partial charge in [0.2, 0.25) is 0 Å². The van der Waals surface area contributed by atoms with E-state index in [1.165, 1.54) is 0 Å². The van der Waals surface area contributed by atoms with Crippen molar-refractivity contribution in [1.29, 1.82) is 0 Å². The van der Waals surface area contributed by atoms with E-state index in [4.69, 9.17) is 14.9 Å². The first-order valence-electron chi connectivity index (χ1n) is 2.75. The second-order valence-corrected chi connectivity index (χ2v) is 1.99. The van der Waals surface area contributed by atoms with Gasteiger partial charge in [-0.25, -0.2) is 0 Å². The summed E-state index contributed by atoms with van der Waals surface area (Å²) in [6.07, 6.45) is 0.0532. The summed E-state index contributed by atoms with van der Waals surface area (Å²) < 4.78 is 4.75. The Hall–Kier alpha value is -0.120. The summed E-state index contributed by atoms with van der Waals surface area (Å²) in [5.41, 5.74) is 0. The maximum atomic E-state index is 8.81. The maximum absolute atomic E-state index is 8.81. The first kappa shape index (κ1) is 6.01. The van der Waals surface area contributed by atoms with Crippen LogP contribution in [0.1, 0.15) is 6.42 Å². The predicted octanol–water partition coefficient (Wildman–Crippen LogP) is -0.666. The highest BCUT2D eigenvalue weighted by atomic mass is 16.6. The van der Waals surface area contributed by atoms with Crippen molar-refractivity contribution in [1.82, 2.24) is 0 Å². The number of rotatable bonds is 1. The van der Waals surface area contributed by atoms with Gasteiger partial charge in [0.1, 0.15) is 0 Å². The molecule has 0 amide bonds. The molecule has 8 heavy (non-hydrogen) atoms. The Labute approximate surface area is 47.9 Å². The molecule has 0 saturated carbocycles. The molecule has 2 atom stereocenters. The van der Waals surface area contributed by atoms with E-state index in [-0.39, 0.29) is 12.5 Å². The Morgan fingerprint density at radius 1 is 1.62 bits per heavy atom. The van der Waals surface area contributed by atoms with Crippen LogP contribution >= 0.6 is 0 Å². The van der Waals surface area contributed by atoms with Crippen molar-refractivity contribution < 1.29 is 14.9 Å². The Morgan fingerprint density at radius 2 is 2.38 bits per heavy atom. The minimum Gasteiger partial charge on any atom is -0.396 e. The summed E-state index contributed by atoms with van der Waals surface area (Å²) in [6.45, 7) is 0.605. The van der Waals surface area contributed by atoms with Gasteiger partial charge in [-0.1, -0.05) is 0 Å². The smallest absolute Gasteiger partial charge is 0.159 e. The van der Waals surface area contributed by atoms with Crippen LogP contribution in [0, 0.1) is 5.92 Å². The molecular weight excluding hydrogens is 108 g/mol. The zero-order valence-corrected chi connectivity index (χ0v) is 4.58. The molecule has 2 N–H and O–H groups in total. The molecule has 2 unspecified atom stereocenters. The van der Waals surface area contributed by atoms with Crippen LogP contribution in [0.15, 0.2) is 0 Å². The van der Waals surface area contributed by atoms with E-state index in [0.29, 0.717) is 6.61 Å². The van der Waals surface area contributed by atoms with Crippen molar-refractivity contribution in [2.24, 2.45) is 5.92 Å². The van der Waals surface area contributed by atoms with Crippen LogP contribution in [0.25, 0.3) is 0 Å². The molecule has 1 rings (SSSR count). The van der Waals surface area contributed by atoms with E-state index >= 15 is 0 Å².